The van der Waals surface area contributed by atoms with Gasteiger partial charge >= 0.3 is 0 Å². The van der Waals surface area contributed by atoms with E-state index in [0.29, 0.717) is 9.39 Å². The lowest BCUT2D eigenvalue weighted by atomic mass is 10.4. The maximum Gasteiger partial charge on any atom is 0.261 e. The molecule has 1 aromatic heterocycles. The van der Waals surface area contributed by atoms with Crippen LogP contribution in [0.25, 0.3) is 0 Å². The molecular formula is C6H5ClINO2S. The van der Waals surface area contributed by atoms with Gasteiger partial charge in [-0.2, -0.15) is 0 Å². The average Bonchev–Trinajstić information content (AvgIpc) is 1.82. The molecule has 66 valence electrons. The molecule has 12 heavy (non-hydrogen) atoms. The standard InChI is InChI=1S/C6H5ClINO2S/c1-4-2-5(12(7,10)11)3-6(8)9-4/h2-3H,1H3. The molecule has 0 atom stereocenters. The molecule has 0 saturated heterocycles. The fraction of sp³-hybridized carbons (Fsp3) is 0.167. The van der Waals surface area contributed by atoms with Gasteiger partial charge in [-0.3, -0.25) is 0 Å². The summed E-state index contributed by atoms with van der Waals surface area (Å²) in [6.07, 6.45) is 0. The number of halogens is 2. The smallest absolute Gasteiger partial charge is 0.247 e. The molecule has 0 unspecified atom stereocenters. The maximum absolute atomic E-state index is 10.9. The highest BCUT2D eigenvalue weighted by molar-refractivity contribution is 14.1. The molecule has 1 aromatic rings. The van der Waals surface area contributed by atoms with Crippen molar-refractivity contribution in [3.8, 4) is 0 Å². The summed E-state index contributed by atoms with van der Waals surface area (Å²) in [5.41, 5.74) is 0.640. The number of aromatic nitrogens is 1. The molecule has 1 heterocycles. The predicted molar refractivity (Wildman–Crippen MR) is 54.7 cm³/mol. The van der Waals surface area contributed by atoms with Crippen molar-refractivity contribution in [3.05, 3.63) is 21.5 Å². The Morgan fingerprint density at radius 3 is 2.50 bits per heavy atom. The van der Waals surface area contributed by atoms with Crippen LogP contribution in [0, 0.1) is 10.6 Å². The first-order valence-corrected chi connectivity index (χ1v) is 6.37. The summed E-state index contributed by atoms with van der Waals surface area (Å²) in [5, 5.41) is 0. The first-order valence-electron chi connectivity index (χ1n) is 2.98. The summed E-state index contributed by atoms with van der Waals surface area (Å²) < 4.78 is 22.4. The van der Waals surface area contributed by atoms with E-state index in [2.05, 4.69) is 4.98 Å². The van der Waals surface area contributed by atoms with Crippen molar-refractivity contribution in [3.63, 3.8) is 0 Å². The third kappa shape index (κ3) is 2.56. The fourth-order valence-corrected chi connectivity index (χ4v) is 2.50. The number of pyridine rings is 1. The minimum Gasteiger partial charge on any atom is -0.247 e. The van der Waals surface area contributed by atoms with E-state index in [9.17, 15) is 8.42 Å². The Bertz CT molecular complexity index is 384. The molecule has 1 rings (SSSR count). The molecule has 0 radical (unpaired) electrons. The van der Waals surface area contributed by atoms with Gasteiger partial charge in [-0.1, -0.05) is 0 Å². The molecule has 0 amide bonds. The molecule has 0 aliphatic carbocycles. The second-order valence-electron chi connectivity index (χ2n) is 2.20. The fourth-order valence-electron chi connectivity index (χ4n) is 0.739. The van der Waals surface area contributed by atoms with Crippen LogP contribution < -0.4 is 0 Å². The second kappa shape index (κ2) is 3.47. The lowest BCUT2D eigenvalue weighted by molar-refractivity contribution is 0.609. The summed E-state index contributed by atoms with van der Waals surface area (Å²) in [7, 11) is 1.52. The summed E-state index contributed by atoms with van der Waals surface area (Å²) >= 11 is 1.94. The van der Waals surface area contributed by atoms with Gasteiger partial charge in [-0.15, -0.1) is 0 Å². The van der Waals surface area contributed by atoms with Gasteiger partial charge < -0.3 is 0 Å². The topological polar surface area (TPSA) is 47.0 Å². The van der Waals surface area contributed by atoms with E-state index in [1.54, 1.807) is 6.92 Å². The van der Waals surface area contributed by atoms with Crippen molar-refractivity contribution < 1.29 is 8.42 Å². The first kappa shape index (κ1) is 10.2. The van der Waals surface area contributed by atoms with E-state index in [1.165, 1.54) is 12.1 Å². The molecule has 0 spiro atoms. The van der Waals surface area contributed by atoms with Gasteiger partial charge in [0.05, 0.1) is 4.90 Å². The van der Waals surface area contributed by atoms with Crippen LogP contribution in [0.15, 0.2) is 17.0 Å². The van der Waals surface area contributed by atoms with Gasteiger partial charge in [-0.25, -0.2) is 13.4 Å². The number of hydrogen-bond donors (Lipinski definition) is 0. The van der Waals surface area contributed by atoms with E-state index in [4.69, 9.17) is 10.7 Å². The highest BCUT2D eigenvalue weighted by Crippen LogP contribution is 2.17. The predicted octanol–water partition coefficient (Wildman–Crippen LogP) is 1.92. The molecule has 0 bridgehead atoms. The monoisotopic (exact) mass is 317 g/mol. The lowest BCUT2D eigenvalue weighted by Crippen LogP contribution is -1.94. The summed E-state index contributed by atoms with van der Waals surface area (Å²) in [6, 6.07) is 2.86. The van der Waals surface area contributed by atoms with E-state index in [1.807, 2.05) is 22.6 Å². The van der Waals surface area contributed by atoms with Crippen LogP contribution >= 0.6 is 33.3 Å². The Morgan fingerprint density at radius 1 is 1.50 bits per heavy atom. The van der Waals surface area contributed by atoms with Crippen molar-refractivity contribution in [2.75, 3.05) is 0 Å². The molecule has 6 heteroatoms. The van der Waals surface area contributed by atoms with Crippen LogP contribution in [-0.4, -0.2) is 13.4 Å². The number of hydrogen-bond acceptors (Lipinski definition) is 3. The summed E-state index contributed by atoms with van der Waals surface area (Å²) in [5.74, 6) is 0. The minimum absolute atomic E-state index is 0.0982. The molecule has 0 N–H and O–H groups in total. The van der Waals surface area contributed by atoms with E-state index < -0.39 is 9.05 Å². The molecular weight excluding hydrogens is 312 g/mol. The van der Waals surface area contributed by atoms with Crippen LogP contribution in [-0.2, 0) is 9.05 Å². The number of nitrogens with zero attached hydrogens (tertiary/aromatic N) is 1. The van der Waals surface area contributed by atoms with E-state index >= 15 is 0 Å². The van der Waals surface area contributed by atoms with Gasteiger partial charge in [0.1, 0.15) is 3.70 Å². The van der Waals surface area contributed by atoms with Crippen LogP contribution in [0.5, 0.6) is 0 Å². The van der Waals surface area contributed by atoms with Gasteiger partial charge in [-0.05, 0) is 41.6 Å². The number of aryl methyl sites for hydroxylation is 1. The van der Waals surface area contributed by atoms with Crippen molar-refractivity contribution >= 4 is 42.3 Å². The Balaban J connectivity index is 3.37. The zero-order chi connectivity index (χ0) is 9.35. The van der Waals surface area contributed by atoms with Crippen LogP contribution in [0.3, 0.4) is 0 Å². The molecule has 0 fully saturated rings. The zero-order valence-corrected chi connectivity index (χ0v) is 9.81. The Labute approximate surface area is 88.7 Å². The number of rotatable bonds is 1. The van der Waals surface area contributed by atoms with Gasteiger partial charge in [0.25, 0.3) is 9.05 Å². The van der Waals surface area contributed by atoms with E-state index in [0.717, 1.165) is 0 Å². The zero-order valence-electron chi connectivity index (χ0n) is 6.08. The Kier molecular flexibility index (Phi) is 2.95. The molecule has 0 aliphatic rings. The van der Waals surface area contributed by atoms with Gasteiger partial charge in [0, 0.05) is 16.4 Å². The second-order valence-corrected chi connectivity index (χ2v) is 5.88. The third-order valence-electron chi connectivity index (χ3n) is 1.18. The average molecular weight is 318 g/mol. The van der Waals surface area contributed by atoms with Crippen molar-refractivity contribution in [2.24, 2.45) is 0 Å². The molecule has 0 aromatic carbocycles. The van der Waals surface area contributed by atoms with Crippen molar-refractivity contribution in [2.45, 2.75) is 11.8 Å². The molecule has 3 nitrogen and oxygen atoms in total. The Hall–Kier alpha value is 0.120. The van der Waals surface area contributed by atoms with Gasteiger partial charge in [0.15, 0.2) is 0 Å². The summed E-state index contributed by atoms with van der Waals surface area (Å²) in [4.78, 5) is 4.11. The van der Waals surface area contributed by atoms with Crippen molar-refractivity contribution in [1.82, 2.24) is 4.98 Å². The van der Waals surface area contributed by atoms with Crippen LogP contribution in [0.1, 0.15) is 5.69 Å². The third-order valence-corrected chi connectivity index (χ3v) is 3.06. The first-order chi connectivity index (χ1) is 5.39. The lowest BCUT2D eigenvalue weighted by Gasteiger charge is -1.98. The van der Waals surface area contributed by atoms with Crippen molar-refractivity contribution in [1.29, 1.82) is 0 Å². The minimum atomic E-state index is -3.62. The summed E-state index contributed by atoms with van der Waals surface area (Å²) in [6.45, 7) is 1.72. The SMILES string of the molecule is Cc1cc(S(=O)(=O)Cl)cc(I)n1. The largest absolute Gasteiger partial charge is 0.261 e. The quantitative estimate of drug-likeness (QED) is 0.452. The molecule has 0 aliphatic heterocycles. The normalized spacial score (nSPS) is 11.6. The maximum atomic E-state index is 10.9. The highest BCUT2D eigenvalue weighted by atomic mass is 127. The highest BCUT2D eigenvalue weighted by Gasteiger charge is 2.10. The van der Waals surface area contributed by atoms with Gasteiger partial charge in [0.2, 0.25) is 0 Å². The van der Waals surface area contributed by atoms with Crippen LogP contribution in [0.4, 0.5) is 0 Å². The Morgan fingerprint density at radius 2 is 2.08 bits per heavy atom. The van der Waals surface area contributed by atoms with Crippen LogP contribution in [0.2, 0.25) is 0 Å². The molecule has 0 saturated carbocycles. The van der Waals surface area contributed by atoms with E-state index in [-0.39, 0.29) is 4.90 Å².